The maximum atomic E-state index is 12.3. The summed E-state index contributed by atoms with van der Waals surface area (Å²) in [5.41, 5.74) is 6.94. The second kappa shape index (κ2) is 7.01. The van der Waals surface area contributed by atoms with Crippen LogP contribution in [0.4, 0.5) is 0 Å². The molecule has 0 aromatic heterocycles. The van der Waals surface area contributed by atoms with Gasteiger partial charge in [0.15, 0.2) is 0 Å². The second-order valence-corrected chi connectivity index (χ2v) is 4.79. The van der Waals surface area contributed by atoms with Gasteiger partial charge in [0.1, 0.15) is 17.4 Å². The minimum atomic E-state index is -0.646. The Morgan fingerprint density at radius 3 is 2.68 bits per heavy atom. The number of hydrogen-bond acceptors (Lipinski definition) is 5. The standard InChI is InChI=1S/C16H15ClN2O3/c1-2-21-16(20)14-12(8-17)22-15(19)11(9-18)13(14)10-6-4-3-5-7-10/h3-7,13H,2,8,19H2,1H3. The zero-order chi connectivity index (χ0) is 16.1. The summed E-state index contributed by atoms with van der Waals surface area (Å²) >= 11 is 5.88. The third kappa shape index (κ3) is 2.92. The molecule has 6 heteroatoms. The number of benzene rings is 1. The van der Waals surface area contributed by atoms with Crippen molar-refractivity contribution in [1.82, 2.24) is 0 Å². The summed E-state index contributed by atoms with van der Waals surface area (Å²) in [5, 5.41) is 9.41. The summed E-state index contributed by atoms with van der Waals surface area (Å²) < 4.78 is 10.4. The normalized spacial score (nSPS) is 17.8. The van der Waals surface area contributed by atoms with Gasteiger partial charge in [-0.2, -0.15) is 5.26 Å². The first-order valence-electron chi connectivity index (χ1n) is 6.72. The zero-order valence-corrected chi connectivity index (χ0v) is 12.8. The number of alkyl halides is 1. The van der Waals surface area contributed by atoms with E-state index in [1.54, 1.807) is 6.92 Å². The molecule has 0 bridgehead atoms. The number of carbonyl (C=O) groups is 1. The Morgan fingerprint density at radius 2 is 2.14 bits per heavy atom. The molecule has 1 aromatic rings. The van der Waals surface area contributed by atoms with Gasteiger partial charge in [-0.3, -0.25) is 0 Å². The highest BCUT2D eigenvalue weighted by Gasteiger charge is 2.37. The lowest BCUT2D eigenvalue weighted by atomic mass is 9.83. The summed E-state index contributed by atoms with van der Waals surface area (Å²) in [6.07, 6.45) is 0. The molecule has 0 spiro atoms. The molecule has 5 nitrogen and oxygen atoms in total. The number of carbonyl (C=O) groups excluding carboxylic acids is 1. The van der Waals surface area contributed by atoms with Crippen LogP contribution in [0.2, 0.25) is 0 Å². The average molecular weight is 319 g/mol. The number of hydrogen-bond donors (Lipinski definition) is 1. The topological polar surface area (TPSA) is 85.3 Å². The Morgan fingerprint density at radius 1 is 1.45 bits per heavy atom. The Labute approximate surface area is 133 Å². The highest BCUT2D eigenvalue weighted by atomic mass is 35.5. The average Bonchev–Trinajstić information content (AvgIpc) is 2.54. The molecule has 0 amide bonds. The summed E-state index contributed by atoms with van der Waals surface area (Å²) in [6.45, 7) is 1.91. The van der Waals surface area contributed by atoms with E-state index in [9.17, 15) is 10.1 Å². The lowest BCUT2D eigenvalue weighted by Crippen LogP contribution is -2.26. The van der Waals surface area contributed by atoms with E-state index >= 15 is 0 Å². The molecule has 1 unspecified atom stereocenters. The van der Waals surface area contributed by atoms with Gasteiger partial charge in [0.2, 0.25) is 5.88 Å². The van der Waals surface area contributed by atoms with Crippen molar-refractivity contribution < 1.29 is 14.3 Å². The van der Waals surface area contributed by atoms with Crippen molar-refractivity contribution >= 4 is 17.6 Å². The lowest BCUT2D eigenvalue weighted by molar-refractivity contribution is -0.139. The van der Waals surface area contributed by atoms with Crippen LogP contribution in [0.3, 0.4) is 0 Å². The molecule has 1 atom stereocenters. The molecule has 1 aromatic carbocycles. The lowest BCUT2D eigenvalue weighted by Gasteiger charge is -2.27. The number of nitrogens with two attached hydrogens (primary N) is 1. The monoisotopic (exact) mass is 318 g/mol. The van der Waals surface area contributed by atoms with Crippen molar-refractivity contribution in [2.45, 2.75) is 12.8 Å². The maximum Gasteiger partial charge on any atom is 0.338 e. The van der Waals surface area contributed by atoms with Gasteiger partial charge in [-0.25, -0.2) is 4.79 Å². The van der Waals surface area contributed by atoms with Gasteiger partial charge in [0, 0.05) is 0 Å². The second-order valence-electron chi connectivity index (χ2n) is 4.53. The number of esters is 1. The SMILES string of the molecule is CCOC(=O)C1=C(CCl)OC(N)=C(C#N)C1c1ccccc1. The molecule has 2 rings (SSSR count). The van der Waals surface area contributed by atoms with Gasteiger partial charge < -0.3 is 15.2 Å². The summed E-state index contributed by atoms with van der Waals surface area (Å²) in [4.78, 5) is 12.3. The van der Waals surface area contributed by atoms with E-state index in [1.165, 1.54) is 0 Å². The maximum absolute atomic E-state index is 12.3. The van der Waals surface area contributed by atoms with E-state index in [1.807, 2.05) is 36.4 Å². The number of nitrogens with zero attached hydrogens (tertiary/aromatic N) is 1. The van der Waals surface area contributed by atoms with Gasteiger partial charge >= 0.3 is 5.97 Å². The number of halogens is 1. The molecule has 0 fully saturated rings. The van der Waals surface area contributed by atoms with E-state index in [2.05, 4.69) is 0 Å². The molecule has 22 heavy (non-hydrogen) atoms. The highest BCUT2D eigenvalue weighted by Crippen LogP contribution is 2.39. The van der Waals surface area contributed by atoms with Crippen LogP contribution in [0.1, 0.15) is 18.4 Å². The van der Waals surface area contributed by atoms with Crippen LogP contribution in [0, 0.1) is 11.3 Å². The van der Waals surface area contributed by atoms with Gasteiger partial charge in [-0.1, -0.05) is 30.3 Å². The third-order valence-corrected chi connectivity index (χ3v) is 3.49. The predicted molar refractivity (Wildman–Crippen MR) is 81.5 cm³/mol. The first kappa shape index (κ1) is 15.9. The molecule has 0 saturated heterocycles. The Kier molecular flexibility index (Phi) is 5.08. The first-order chi connectivity index (χ1) is 10.6. The Hall–Kier alpha value is -2.45. The van der Waals surface area contributed by atoms with Crippen LogP contribution in [0.25, 0.3) is 0 Å². The number of allylic oxidation sites excluding steroid dienone is 2. The van der Waals surface area contributed by atoms with E-state index < -0.39 is 11.9 Å². The fourth-order valence-electron chi connectivity index (χ4n) is 2.33. The van der Waals surface area contributed by atoms with Crippen LogP contribution in [-0.4, -0.2) is 18.5 Å². The van der Waals surface area contributed by atoms with Crippen LogP contribution in [-0.2, 0) is 14.3 Å². The van der Waals surface area contributed by atoms with Crippen LogP contribution >= 0.6 is 11.6 Å². The Balaban J connectivity index is 2.62. The summed E-state index contributed by atoms with van der Waals surface area (Å²) in [6, 6.07) is 11.1. The van der Waals surface area contributed by atoms with Gasteiger partial charge in [-0.15, -0.1) is 11.6 Å². The van der Waals surface area contributed by atoms with Gasteiger partial charge in [0.05, 0.1) is 24.0 Å². The minimum Gasteiger partial charge on any atom is -0.463 e. The highest BCUT2D eigenvalue weighted by molar-refractivity contribution is 6.19. The fourth-order valence-corrected chi connectivity index (χ4v) is 2.53. The molecular formula is C16H15ClN2O3. The van der Waals surface area contributed by atoms with E-state index in [4.69, 9.17) is 26.8 Å². The number of nitriles is 1. The van der Waals surface area contributed by atoms with Crippen molar-refractivity contribution in [2.24, 2.45) is 5.73 Å². The van der Waals surface area contributed by atoms with Crippen molar-refractivity contribution in [3.05, 3.63) is 58.7 Å². The van der Waals surface area contributed by atoms with Crippen molar-refractivity contribution in [3.8, 4) is 6.07 Å². The first-order valence-corrected chi connectivity index (χ1v) is 7.26. The zero-order valence-electron chi connectivity index (χ0n) is 12.0. The molecule has 0 saturated carbocycles. The summed E-state index contributed by atoms with van der Waals surface area (Å²) in [5.74, 6) is -1.08. The minimum absolute atomic E-state index is 0.0416. The predicted octanol–water partition coefficient (Wildman–Crippen LogP) is 2.55. The van der Waals surface area contributed by atoms with Crippen molar-refractivity contribution in [2.75, 3.05) is 12.5 Å². The van der Waals surface area contributed by atoms with Crippen LogP contribution in [0.5, 0.6) is 0 Å². The number of ether oxygens (including phenoxy) is 2. The molecule has 0 radical (unpaired) electrons. The smallest absolute Gasteiger partial charge is 0.338 e. The van der Waals surface area contributed by atoms with Crippen molar-refractivity contribution in [3.63, 3.8) is 0 Å². The molecule has 1 aliphatic heterocycles. The van der Waals surface area contributed by atoms with Crippen molar-refractivity contribution in [1.29, 1.82) is 5.26 Å². The van der Waals surface area contributed by atoms with Gasteiger partial charge in [0.25, 0.3) is 0 Å². The molecule has 2 N–H and O–H groups in total. The third-order valence-electron chi connectivity index (χ3n) is 3.25. The fraction of sp³-hybridized carbons (Fsp3) is 0.250. The molecular weight excluding hydrogens is 304 g/mol. The van der Waals surface area contributed by atoms with Crippen LogP contribution < -0.4 is 5.73 Å². The Bertz CT molecular complexity index is 674. The number of rotatable bonds is 4. The van der Waals surface area contributed by atoms with E-state index in [0.29, 0.717) is 0 Å². The molecule has 1 heterocycles. The molecule has 0 aliphatic carbocycles. The summed E-state index contributed by atoms with van der Waals surface area (Å²) in [7, 11) is 0. The quantitative estimate of drug-likeness (QED) is 0.681. The van der Waals surface area contributed by atoms with Gasteiger partial charge in [-0.05, 0) is 12.5 Å². The molecule has 1 aliphatic rings. The van der Waals surface area contributed by atoms with Crippen LogP contribution in [0.15, 0.2) is 53.1 Å². The van der Waals surface area contributed by atoms with E-state index in [-0.39, 0.29) is 35.3 Å². The van der Waals surface area contributed by atoms with E-state index in [0.717, 1.165) is 5.56 Å². The molecule has 114 valence electrons. The largest absolute Gasteiger partial charge is 0.463 e.